The average Bonchev–Trinajstić information content (AvgIpc) is 2.48. The zero-order valence-electron chi connectivity index (χ0n) is 12.4. The Bertz CT molecular complexity index is 619. The van der Waals surface area contributed by atoms with Gasteiger partial charge in [0, 0.05) is 5.69 Å². The maximum Gasteiger partial charge on any atom is 0.333 e. The van der Waals surface area contributed by atoms with Gasteiger partial charge in [0.2, 0.25) is 0 Å². The first-order valence-electron chi connectivity index (χ1n) is 6.68. The van der Waals surface area contributed by atoms with Gasteiger partial charge in [-0.3, -0.25) is 0 Å². The van der Waals surface area contributed by atoms with E-state index in [0.29, 0.717) is 5.56 Å². The van der Waals surface area contributed by atoms with Crippen molar-refractivity contribution in [3.05, 3.63) is 59.7 Å². The van der Waals surface area contributed by atoms with E-state index >= 15 is 0 Å². The van der Waals surface area contributed by atoms with E-state index in [2.05, 4.69) is 5.32 Å². The van der Waals surface area contributed by atoms with Crippen molar-refractivity contribution >= 4 is 11.7 Å². The van der Waals surface area contributed by atoms with Gasteiger partial charge in [-0.25, -0.2) is 4.79 Å². The van der Waals surface area contributed by atoms with E-state index < -0.39 is 11.5 Å². The number of methoxy groups -OCH3 is 1. The van der Waals surface area contributed by atoms with E-state index in [-0.39, 0.29) is 0 Å². The van der Waals surface area contributed by atoms with Gasteiger partial charge in [-0.05, 0) is 43.7 Å². The predicted octanol–water partition coefficient (Wildman–Crippen LogP) is 3.42. The number of ether oxygens (including phenoxy) is 1. The highest BCUT2D eigenvalue weighted by Crippen LogP contribution is 2.28. The summed E-state index contributed by atoms with van der Waals surface area (Å²) < 4.78 is 5.10. The van der Waals surface area contributed by atoms with Crippen molar-refractivity contribution in [2.24, 2.45) is 0 Å². The lowest BCUT2D eigenvalue weighted by Gasteiger charge is -2.28. The average molecular weight is 285 g/mol. The second-order valence-electron chi connectivity index (χ2n) is 5.15. The lowest BCUT2D eigenvalue weighted by Crippen LogP contribution is -2.40. The summed E-state index contributed by atoms with van der Waals surface area (Å²) in [6.45, 7) is 3.63. The minimum Gasteiger partial charge on any atom is -0.497 e. The Kier molecular flexibility index (Phi) is 4.17. The number of anilines is 1. The van der Waals surface area contributed by atoms with Gasteiger partial charge < -0.3 is 15.2 Å². The van der Waals surface area contributed by atoms with Crippen LogP contribution in [0.2, 0.25) is 0 Å². The highest BCUT2D eigenvalue weighted by Gasteiger charge is 2.35. The van der Waals surface area contributed by atoms with Crippen LogP contribution in [0.15, 0.2) is 48.5 Å². The second kappa shape index (κ2) is 5.87. The first-order valence-corrected chi connectivity index (χ1v) is 6.68. The lowest BCUT2D eigenvalue weighted by molar-refractivity contribution is -0.142. The van der Waals surface area contributed by atoms with Crippen LogP contribution in [0.3, 0.4) is 0 Å². The van der Waals surface area contributed by atoms with Crippen LogP contribution in [-0.4, -0.2) is 18.2 Å². The third kappa shape index (κ3) is 3.16. The normalized spacial score (nSPS) is 13.3. The van der Waals surface area contributed by atoms with Crippen LogP contribution in [0.25, 0.3) is 0 Å². The van der Waals surface area contributed by atoms with Gasteiger partial charge in [-0.1, -0.05) is 29.8 Å². The molecule has 0 radical (unpaired) electrons. The highest BCUT2D eigenvalue weighted by atomic mass is 16.5. The predicted molar refractivity (Wildman–Crippen MR) is 82.8 cm³/mol. The fraction of sp³-hybridized carbons (Fsp3) is 0.235. The van der Waals surface area contributed by atoms with Crippen LogP contribution < -0.4 is 10.1 Å². The maximum absolute atomic E-state index is 11.7. The Balaban J connectivity index is 2.33. The number of aryl methyl sites for hydroxylation is 1. The molecule has 21 heavy (non-hydrogen) atoms. The summed E-state index contributed by atoms with van der Waals surface area (Å²) >= 11 is 0. The van der Waals surface area contributed by atoms with E-state index in [9.17, 15) is 9.90 Å². The molecule has 1 unspecified atom stereocenters. The Morgan fingerprint density at radius 3 is 2.14 bits per heavy atom. The van der Waals surface area contributed by atoms with Gasteiger partial charge in [0.25, 0.3) is 0 Å². The number of hydrogen-bond donors (Lipinski definition) is 2. The van der Waals surface area contributed by atoms with Crippen LogP contribution >= 0.6 is 0 Å². The molecule has 4 nitrogen and oxygen atoms in total. The van der Waals surface area contributed by atoms with Gasteiger partial charge in [0.05, 0.1) is 7.11 Å². The lowest BCUT2D eigenvalue weighted by atomic mass is 9.91. The fourth-order valence-corrected chi connectivity index (χ4v) is 2.10. The number of carboxylic acids is 1. The molecule has 2 aromatic carbocycles. The molecule has 0 spiro atoms. The standard InChI is InChI=1S/C17H19NO3/c1-12-4-6-13(7-5-12)17(2,16(19)20)18-14-8-10-15(21-3)11-9-14/h4-11,18H,1-3H3,(H,19,20). The molecule has 0 aromatic heterocycles. The van der Waals surface area contributed by atoms with Crippen molar-refractivity contribution in [1.82, 2.24) is 0 Å². The van der Waals surface area contributed by atoms with E-state index in [1.54, 1.807) is 38.3 Å². The molecular formula is C17H19NO3. The van der Waals surface area contributed by atoms with Crippen molar-refractivity contribution in [2.45, 2.75) is 19.4 Å². The van der Waals surface area contributed by atoms with E-state index in [4.69, 9.17) is 4.74 Å². The molecule has 0 fully saturated rings. The summed E-state index contributed by atoms with van der Waals surface area (Å²) in [6, 6.07) is 14.7. The summed E-state index contributed by atoms with van der Waals surface area (Å²) in [4.78, 5) is 11.7. The van der Waals surface area contributed by atoms with Crippen LogP contribution in [0.4, 0.5) is 5.69 Å². The molecular weight excluding hydrogens is 266 g/mol. The van der Waals surface area contributed by atoms with E-state index in [1.165, 1.54) is 0 Å². The van der Waals surface area contributed by atoms with E-state index in [0.717, 1.165) is 17.0 Å². The number of benzene rings is 2. The Hall–Kier alpha value is -2.49. The first kappa shape index (κ1) is 14.9. The molecule has 0 heterocycles. The monoisotopic (exact) mass is 285 g/mol. The van der Waals surface area contributed by atoms with Crippen LogP contribution in [0.1, 0.15) is 18.1 Å². The number of carbonyl (C=O) groups is 1. The second-order valence-corrected chi connectivity index (χ2v) is 5.15. The summed E-state index contributed by atoms with van der Waals surface area (Å²) in [7, 11) is 1.59. The highest BCUT2D eigenvalue weighted by molar-refractivity contribution is 5.84. The van der Waals surface area contributed by atoms with Gasteiger partial charge in [0.1, 0.15) is 5.75 Å². The molecule has 110 valence electrons. The molecule has 2 aromatic rings. The Labute approximate surface area is 124 Å². The minimum absolute atomic E-state index is 0.705. The van der Waals surface area contributed by atoms with Gasteiger partial charge in [-0.15, -0.1) is 0 Å². The number of carboxylic acid groups (broad SMARTS) is 1. The maximum atomic E-state index is 11.7. The minimum atomic E-state index is -1.19. The summed E-state index contributed by atoms with van der Waals surface area (Å²) in [5, 5.41) is 12.7. The molecule has 0 saturated carbocycles. The van der Waals surface area contributed by atoms with Crippen LogP contribution in [0, 0.1) is 6.92 Å². The summed E-state index contributed by atoms with van der Waals surface area (Å²) in [6.07, 6.45) is 0. The quantitative estimate of drug-likeness (QED) is 0.883. The first-order chi connectivity index (χ1) is 9.95. The van der Waals surface area contributed by atoms with Gasteiger partial charge in [-0.2, -0.15) is 0 Å². The largest absolute Gasteiger partial charge is 0.497 e. The molecule has 0 saturated heterocycles. The Morgan fingerprint density at radius 2 is 1.67 bits per heavy atom. The zero-order valence-corrected chi connectivity index (χ0v) is 12.4. The topological polar surface area (TPSA) is 58.6 Å². The van der Waals surface area contributed by atoms with Crippen molar-refractivity contribution in [3.63, 3.8) is 0 Å². The van der Waals surface area contributed by atoms with Crippen LogP contribution in [-0.2, 0) is 10.3 Å². The third-order valence-electron chi connectivity index (χ3n) is 3.54. The molecule has 1 atom stereocenters. The van der Waals surface area contributed by atoms with Gasteiger partial charge >= 0.3 is 5.97 Å². The SMILES string of the molecule is COc1ccc(NC(C)(C(=O)O)c2ccc(C)cc2)cc1. The number of rotatable bonds is 5. The molecule has 2 rings (SSSR count). The number of hydrogen-bond acceptors (Lipinski definition) is 3. The van der Waals surface area contributed by atoms with Crippen LogP contribution in [0.5, 0.6) is 5.75 Å². The molecule has 0 aliphatic rings. The van der Waals surface area contributed by atoms with Crippen molar-refractivity contribution in [2.75, 3.05) is 12.4 Å². The van der Waals surface area contributed by atoms with Crippen molar-refractivity contribution in [3.8, 4) is 5.75 Å². The Morgan fingerprint density at radius 1 is 1.10 bits per heavy atom. The summed E-state index contributed by atoms with van der Waals surface area (Å²) in [5.74, 6) is -0.199. The van der Waals surface area contributed by atoms with Crippen molar-refractivity contribution in [1.29, 1.82) is 0 Å². The fourth-order valence-electron chi connectivity index (χ4n) is 2.10. The summed E-state index contributed by atoms with van der Waals surface area (Å²) in [5.41, 5.74) is 1.33. The molecule has 2 N–H and O–H groups in total. The third-order valence-corrected chi connectivity index (χ3v) is 3.54. The smallest absolute Gasteiger partial charge is 0.333 e. The molecule has 4 heteroatoms. The zero-order chi connectivity index (χ0) is 15.5. The van der Waals surface area contributed by atoms with E-state index in [1.807, 2.05) is 31.2 Å². The molecule has 0 amide bonds. The van der Waals surface area contributed by atoms with Gasteiger partial charge in [0.15, 0.2) is 5.54 Å². The number of aliphatic carboxylic acids is 1. The number of nitrogens with one attached hydrogen (secondary N) is 1. The molecule has 0 bridgehead atoms. The molecule has 0 aliphatic heterocycles. The van der Waals surface area contributed by atoms with Crippen molar-refractivity contribution < 1.29 is 14.6 Å². The molecule has 0 aliphatic carbocycles.